The largest absolute Gasteiger partial charge is 0.315 e. The van der Waals surface area contributed by atoms with Gasteiger partial charge >= 0.3 is 0 Å². The average Bonchev–Trinajstić information content (AvgIpc) is 3.06. The van der Waals surface area contributed by atoms with E-state index in [4.69, 9.17) is 0 Å². The van der Waals surface area contributed by atoms with Crippen molar-refractivity contribution in [3.8, 4) is 0 Å². The molecular weight excluding hydrogens is 212 g/mol. The monoisotopic (exact) mass is 234 g/mol. The fourth-order valence-corrected chi connectivity index (χ4v) is 2.47. The van der Waals surface area contributed by atoms with Crippen LogP contribution >= 0.6 is 0 Å². The Kier molecular flexibility index (Phi) is 3.43. The lowest BCUT2D eigenvalue weighted by Gasteiger charge is -2.17. The highest BCUT2D eigenvalue weighted by Crippen LogP contribution is 2.30. The predicted molar refractivity (Wildman–Crippen MR) is 67.7 cm³/mol. The Hall–Kier alpha value is -0.870. The SMILES string of the molecule is c1nn(CC2CC2)cc1CN1CCCNCC1. The zero-order valence-electron chi connectivity index (χ0n) is 10.4. The lowest BCUT2D eigenvalue weighted by molar-refractivity contribution is 0.284. The first-order valence-corrected chi connectivity index (χ1v) is 6.84. The van der Waals surface area contributed by atoms with Gasteiger partial charge in [0.2, 0.25) is 0 Å². The third-order valence-corrected chi connectivity index (χ3v) is 3.67. The van der Waals surface area contributed by atoms with Crippen molar-refractivity contribution in [1.82, 2.24) is 20.0 Å². The molecule has 0 atom stereocenters. The molecule has 0 amide bonds. The van der Waals surface area contributed by atoms with Crippen molar-refractivity contribution in [2.24, 2.45) is 5.92 Å². The fraction of sp³-hybridized carbons (Fsp3) is 0.769. The summed E-state index contributed by atoms with van der Waals surface area (Å²) < 4.78 is 2.13. The molecule has 1 N–H and O–H groups in total. The third kappa shape index (κ3) is 3.30. The average molecular weight is 234 g/mol. The molecule has 4 heteroatoms. The Bertz CT molecular complexity index is 348. The Morgan fingerprint density at radius 2 is 2.24 bits per heavy atom. The number of nitrogens with one attached hydrogen (secondary N) is 1. The van der Waals surface area contributed by atoms with Gasteiger partial charge in [-0.2, -0.15) is 5.10 Å². The molecule has 17 heavy (non-hydrogen) atoms. The standard InChI is InChI=1S/C13H22N4/c1-4-14-5-7-16(6-1)9-13-8-15-17(11-13)10-12-2-3-12/h8,11-12,14H,1-7,9-10H2. The van der Waals surface area contributed by atoms with E-state index in [0.717, 1.165) is 38.6 Å². The molecule has 1 saturated carbocycles. The van der Waals surface area contributed by atoms with Crippen LogP contribution in [0.15, 0.2) is 12.4 Å². The summed E-state index contributed by atoms with van der Waals surface area (Å²) in [5.41, 5.74) is 1.37. The lowest BCUT2D eigenvalue weighted by Crippen LogP contribution is -2.27. The van der Waals surface area contributed by atoms with Crippen LogP contribution in [0.3, 0.4) is 0 Å². The molecule has 1 aromatic rings. The van der Waals surface area contributed by atoms with Gasteiger partial charge in [0.1, 0.15) is 0 Å². The minimum atomic E-state index is 0.908. The van der Waals surface area contributed by atoms with Crippen LogP contribution in [0.2, 0.25) is 0 Å². The molecule has 94 valence electrons. The van der Waals surface area contributed by atoms with Crippen LogP contribution in [0.4, 0.5) is 0 Å². The van der Waals surface area contributed by atoms with Crippen molar-refractivity contribution in [3.63, 3.8) is 0 Å². The first-order valence-electron chi connectivity index (χ1n) is 6.84. The van der Waals surface area contributed by atoms with E-state index in [-0.39, 0.29) is 0 Å². The number of nitrogens with zero attached hydrogens (tertiary/aromatic N) is 3. The van der Waals surface area contributed by atoms with E-state index in [1.54, 1.807) is 0 Å². The zero-order chi connectivity index (χ0) is 11.5. The van der Waals surface area contributed by atoms with Gasteiger partial charge in [-0.15, -0.1) is 0 Å². The van der Waals surface area contributed by atoms with Crippen molar-refractivity contribution < 1.29 is 0 Å². The second-order valence-corrected chi connectivity index (χ2v) is 5.39. The summed E-state index contributed by atoms with van der Waals surface area (Å²) >= 11 is 0. The summed E-state index contributed by atoms with van der Waals surface area (Å²) in [6, 6.07) is 0. The maximum Gasteiger partial charge on any atom is 0.0534 e. The van der Waals surface area contributed by atoms with Crippen LogP contribution in [-0.2, 0) is 13.1 Å². The molecule has 0 spiro atoms. The summed E-state index contributed by atoms with van der Waals surface area (Å²) in [4.78, 5) is 2.53. The van der Waals surface area contributed by atoms with Crippen molar-refractivity contribution in [2.45, 2.75) is 32.4 Å². The molecule has 2 heterocycles. The number of hydrogen-bond donors (Lipinski definition) is 1. The van der Waals surface area contributed by atoms with Crippen LogP contribution in [0.5, 0.6) is 0 Å². The quantitative estimate of drug-likeness (QED) is 0.846. The fourth-order valence-electron chi connectivity index (χ4n) is 2.47. The Labute approximate surface area is 103 Å². The summed E-state index contributed by atoms with van der Waals surface area (Å²) in [6.07, 6.45) is 8.33. The highest BCUT2D eigenvalue weighted by Gasteiger charge is 2.22. The van der Waals surface area contributed by atoms with E-state index in [2.05, 4.69) is 26.2 Å². The van der Waals surface area contributed by atoms with E-state index in [1.165, 1.54) is 31.4 Å². The highest BCUT2D eigenvalue weighted by molar-refractivity contribution is 5.04. The maximum absolute atomic E-state index is 4.46. The van der Waals surface area contributed by atoms with Crippen molar-refractivity contribution in [3.05, 3.63) is 18.0 Å². The third-order valence-electron chi connectivity index (χ3n) is 3.67. The van der Waals surface area contributed by atoms with Gasteiger partial charge < -0.3 is 5.32 Å². The van der Waals surface area contributed by atoms with Crippen molar-refractivity contribution in [2.75, 3.05) is 26.2 Å². The number of rotatable bonds is 4. The molecule has 1 aliphatic carbocycles. The van der Waals surface area contributed by atoms with Gasteiger partial charge in [0, 0.05) is 37.9 Å². The van der Waals surface area contributed by atoms with Gasteiger partial charge in [-0.3, -0.25) is 9.58 Å². The van der Waals surface area contributed by atoms with Gasteiger partial charge in [0.25, 0.3) is 0 Å². The van der Waals surface area contributed by atoms with Crippen molar-refractivity contribution in [1.29, 1.82) is 0 Å². The second-order valence-electron chi connectivity index (χ2n) is 5.39. The smallest absolute Gasteiger partial charge is 0.0534 e. The van der Waals surface area contributed by atoms with Gasteiger partial charge in [-0.25, -0.2) is 0 Å². The van der Waals surface area contributed by atoms with Crippen LogP contribution < -0.4 is 5.32 Å². The zero-order valence-corrected chi connectivity index (χ0v) is 10.4. The van der Waals surface area contributed by atoms with Gasteiger partial charge in [-0.05, 0) is 38.3 Å². The van der Waals surface area contributed by atoms with Gasteiger partial charge in [0.15, 0.2) is 0 Å². The Morgan fingerprint density at radius 1 is 1.29 bits per heavy atom. The second kappa shape index (κ2) is 5.19. The van der Waals surface area contributed by atoms with E-state index >= 15 is 0 Å². The molecule has 0 aromatic carbocycles. The molecular formula is C13H22N4. The normalized spacial score (nSPS) is 22.6. The predicted octanol–water partition coefficient (Wildman–Crippen LogP) is 1.09. The topological polar surface area (TPSA) is 33.1 Å². The molecule has 2 aliphatic rings. The number of aromatic nitrogens is 2. The number of hydrogen-bond acceptors (Lipinski definition) is 3. The highest BCUT2D eigenvalue weighted by atomic mass is 15.3. The van der Waals surface area contributed by atoms with E-state index < -0.39 is 0 Å². The summed E-state index contributed by atoms with van der Waals surface area (Å²) in [5.74, 6) is 0.908. The van der Waals surface area contributed by atoms with Crippen LogP contribution in [-0.4, -0.2) is 40.9 Å². The first-order chi connectivity index (χ1) is 8.40. The molecule has 2 fully saturated rings. The van der Waals surface area contributed by atoms with Crippen LogP contribution in [0.1, 0.15) is 24.8 Å². The molecule has 0 radical (unpaired) electrons. The van der Waals surface area contributed by atoms with E-state index in [0.29, 0.717) is 0 Å². The minimum absolute atomic E-state index is 0.908. The van der Waals surface area contributed by atoms with Crippen LogP contribution in [0, 0.1) is 5.92 Å². The Balaban J connectivity index is 1.53. The lowest BCUT2D eigenvalue weighted by atomic mass is 10.3. The van der Waals surface area contributed by atoms with E-state index in [9.17, 15) is 0 Å². The molecule has 4 nitrogen and oxygen atoms in total. The van der Waals surface area contributed by atoms with Crippen molar-refractivity contribution >= 4 is 0 Å². The summed E-state index contributed by atoms with van der Waals surface area (Å²) in [7, 11) is 0. The Morgan fingerprint density at radius 3 is 3.12 bits per heavy atom. The molecule has 0 bridgehead atoms. The first kappa shape index (κ1) is 11.2. The van der Waals surface area contributed by atoms with E-state index in [1.807, 2.05) is 6.20 Å². The maximum atomic E-state index is 4.46. The molecule has 1 aliphatic heterocycles. The molecule has 1 aromatic heterocycles. The summed E-state index contributed by atoms with van der Waals surface area (Å²) in [6.45, 7) is 6.84. The van der Waals surface area contributed by atoms with Gasteiger partial charge in [0.05, 0.1) is 6.20 Å². The summed E-state index contributed by atoms with van der Waals surface area (Å²) in [5, 5.41) is 7.90. The minimum Gasteiger partial charge on any atom is -0.315 e. The molecule has 0 unspecified atom stereocenters. The van der Waals surface area contributed by atoms with Gasteiger partial charge in [-0.1, -0.05) is 0 Å². The molecule has 1 saturated heterocycles. The van der Waals surface area contributed by atoms with Crippen LogP contribution in [0.25, 0.3) is 0 Å². The molecule has 3 rings (SSSR count).